The van der Waals surface area contributed by atoms with E-state index < -0.39 is 5.97 Å². The summed E-state index contributed by atoms with van der Waals surface area (Å²) < 4.78 is 0. The summed E-state index contributed by atoms with van der Waals surface area (Å²) in [6, 6.07) is 6.64. The first-order chi connectivity index (χ1) is 9.88. The molecule has 0 radical (unpaired) electrons. The number of amides is 2. The van der Waals surface area contributed by atoms with Crippen LogP contribution in [0.15, 0.2) is 24.3 Å². The molecular weight excluding hydrogens is 270 g/mol. The van der Waals surface area contributed by atoms with Crippen LogP contribution >= 0.6 is 0 Å². The largest absolute Gasteiger partial charge is 0.478 e. The van der Waals surface area contributed by atoms with Crippen molar-refractivity contribution in [1.29, 1.82) is 0 Å². The molecule has 1 aromatic rings. The highest BCUT2D eigenvalue weighted by Crippen LogP contribution is 2.16. The molecule has 21 heavy (non-hydrogen) atoms. The second-order valence-corrected chi connectivity index (χ2v) is 5.58. The van der Waals surface area contributed by atoms with Gasteiger partial charge in [-0.2, -0.15) is 0 Å². The summed E-state index contributed by atoms with van der Waals surface area (Å²) in [5.74, 6) is -0.977. The van der Waals surface area contributed by atoms with Crippen LogP contribution < -0.4 is 5.32 Å². The van der Waals surface area contributed by atoms with Gasteiger partial charge in [-0.25, -0.2) is 9.59 Å². The van der Waals surface area contributed by atoms with Crippen LogP contribution in [0.2, 0.25) is 0 Å². The van der Waals surface area contributed by atoms with Crippen molar-refractivity contribution in [2.75, 3.05) is 25.5 Å². The molecule has 1 heterocycles. The van der Waals surface area contributed by atoms with Crippen molar-refractivity contribution in [3.63, 3.8) is 0 Å². The molecule has 2 atom stereocenters. The fraction of sp³-hybridized carbons (Fsp3) is 0.467. The maximum Gasteiger partial charge on any atom is 0.335 e. The van der Waals surface area contributed by atoms with Gasteiger partial charge in [-0.3, -0.25) is 4.90 Å². The number of piperazine rings is 1. The van der Waals surface area contributed by atoms with Crippen LogP contribution in [0.4, 0.5) is 10.5 Å². The smallest absolute Gasteiger partial charge is 0.335 e. The van der Waals surface area contributed by atoms with E-state index in [1.54, 1.807) is 17.0 Å². The van der Waals surface area contributed by atoms with E-state index in [1.807, 2.05) is 0 Å². The Morgan fingerprint density at radius 2 is 1.67 bits per heavy atom. The van der Waals surface area contributed by atoms with Gasteiger partial charge < -0.3 is 15.3 Å². The number of hydrogen-bond donors (Lipinski definition) is 2. The van der Waals surface area contributed by atoms with Gasteiger partial charge in [-0.15, -0.1) is 0 Å². The van der Waals surface area contributed by atoms with Crippen LogP contribution in [-0.2, 0) is 0 Å². The fourth-order valence-corrected chi connectivity index (χ4v) is 2.47. The minimum absolute atomic E-state index is 0.148. The van der Waals surface area contributed by atoms with E-state index in [0.29, 0.717) is 30.9 Å². The molecule has 114 valence electrons. The molecule has 1 fully saturated rings. The van der Waals surface area contributed by atoms with Gasteiger partial charge in [0, 0.05) is 30.9 Å². The average Bonchev–Trinajstić information content (AvgIpc) is 2.44. The topological polar surface area (TPSA) is 72.9 Å². The number of anilines is 1. The molecule has 1 aliphatic rings. The highest BCUT2D eigenvalue weighted by Gasteiger charge is 2.29. The number of benzene rings is 1. The predicted octanol–water partition coefficient (Wildman–Crippen LogP) is 1.94. The number of rotatable bonds is 2. The molecule has 1 saturated heterocycles. The van der Waals surface area contributed by atoms with Crippen LogP contribution in [0, 0.1) is 0 Å². The summed E-state index contributed by atoms with van der Waals surface area (Å²) in [4.78, 5) is 27.1. The number of carboxylic acid groups (broad SMARTS) is 1. The van der Waals surface area contributed by atoms with Crippen molar-refractivity contribution < 1.29 is 14.7 Å². The number of carbonyl (C=O) groups excluding carboxylic acids is 1. The van der Waals surface area contributed by atoms with E-state index in [-0.39, 0.29) is 11.6 Å². The Morgan fingerprint density at radius 3 is 2.14 bits per heavy atom. The SMILES string of the molecule is CC1CN(C(=O)Nc2ccc(C(=O)O)cc2)CC(C)N1C. The van der Waals surface area contributed by atoms with Gasteiger partial charge in [0.15, 0.2) is 0 Å². The normalized spacial score (nSPS) is 22.9. The van der Waals surface area contributed by atoms with Crippen molar-refractivity contribution in [1.82, 2.24) is 9.80 Å². The second-order valence-electron chi connectivity index (χ2n) is 5.58. The minimum Gasteiger partial charge on any atom is -0.478 e. The van der Waals surface area contributed by atoms with Gasteiger partial charge in [0.25, 0.3) is 0 Å². The lowest BCUT2D eigenvalue weighted by Crippen LogP contribution is -2.57. The Balaban J connectivity index is 1.99. The highest BCUT2D eigenvalue weighted by atomic mass is 16.4. The molecule has 2 rings (SSSR count). The third-order valence-electron chi connectivity index (χ3n) is 4.03. The first-order valence-corrected chi connectivity index (χ1v) is 6.99. The zero-order valence-electron chi connectivity index (χ0n) is 12.5. The number of aromatic carboxylic acids is 1. The number of carboxylic acids is 1. The zero-order valence-corrected chi connectivity index (χ0v) is 12.5. The van der Waals surface area contributed by atoms with Gasteiger partial charge in [0.1, 0.15) is 0 Å². The monoisotopic (exact) mass is 291 g/mol. The molecule has 1 aliphatic heterocycles. The van der Waals surface area contributed by atoms with E-state index in [1.165, 1.54) is 12.1 Å². The number of hydrogen-bond acceptors (Lipinski definition) is 3. The number of carbonyl (C=O) groups is 2. The standard InChI is InChI=1S/C15H21N3O3/c1-10-8-18(9-11(2)17(10)3)15(21)16-13-6-4-12(5-7-13)14(19)20/h4-7,10-11H,8-9H2,1-3H3,(H,16,21)(H,19,20). The molecule has 0 spiro atoms. The molecular formula is C15H21N3O3. The summed E-state index contributed by atoms with van der Waals surface area (Å²) in [5.41, 5.74) is 0.805. The van der Waals surface area contributed by atoms with E-state index >= 15 is 0 Å². The van der Waals surface area contributed by atoms with Crippen LogP contribution in [-0.4, -0.2) is 59.1 Å². The number of urea groups is 1. The Morgan fingerprint density at radius 1 is 1.14 bits per heavy atom. The van der Waals surface area contributed by atoms with Crippen LogP contribution in [0.25, 0.3) is 0 Å². The molecule has 6 nitrogen and oxygen atoms in total. The van der Waals surface area contributed by atoms with E-state index in [9.17, 15) is 9.59 Å². The Bertz CT molecular complexity index is 517. The van der Waals surface area contributed by atoms with Gasteiger partial charge in [-0.1, -0.05) is 0 Å². The summed E-state index contributed by atoms with van der Waals surface area (Å²) >= 11 is 0. The minimum atomic E-state index is -0.977. The Hall–Kier alpha value is -2.08. The van der Waals surface area contributed by atoms with Crippen molar-refractivity contribution in [2.45, 2.75) is 25.9 Å². The maximum atomic E-state index is 12.3. The Kier molecular flexibility index (Phi) is 4.47. The van der Waals surface area contributed by atoms with E-state index in [2.05, 4.69) is 31.1 Å². The van der Waals surface area contributed by atoms with Crippen molar-refractivity contribution in [2.24, 2.45) is 0 Å². The quantitative estimate of drug-likeness (QED) is 0.873. The first kappa shape index (κ1) is 15.3. The summed E-state index contributed by atoms with van der Waals surface area (Å²) in [6.45, 7) is 5.55. The lowest BCUT2D eigenvalue weighted by atomic mass is 10.1. The molecule has 0 bridgehead atoms. The second kappa shape index (κ2) is 6.13. The third kappa shape index (κ3) is 3.52. The lowest BCUT2D eigenvalue weighted by Gasteiger charge is -2.42. The molecule has 6 heteroatoms. The maximum absolute atomic E-state index is 12.3. The molecule has 2 amide bonds. The zero-order chi connectivity index (χ0) is 15.6. The lowest BCUT2D eigenvalue weighted by molar-refractivity contribution is 0.0697. The van der Waals surface area contributed by atoms with E-state index in [4.69, 9.17) is 5.11 Å². The number of nitrogens with one attached hydrogen (secondary N) is 1. The summed E-state index contributed by atoms with van der Waals surface area (Å²) in [5, 5.41) is 11.7. The predicted molar refractivity (Wildman–Crippen MR) is 80.7 cm³/mol. The summed E-state index contributed by atoms with van der Waals surface area (Å²) in [6.07, 6.45) is 0. The highest BCUT2D eigenvalue weighted by molar-refractivity contribution is 5.91. The molecule has 2 unspecified atom stereocenters. The first-order valence-electron chi connectivity index (χ1n) is 6.99. The van der Waals surface area contributed by atoms with E-state index in [0.717, 1.165) is 0 Å². The van der Waals surface area contributed by atoms with Gasteiger partial charge in [0.05, 0.1) is 5.56 Å². The molecule has 0 aromatic heterocycles. The number of nitrogens with zero attached hydrogens (tertiary/aromatic N) is 2. The molecule has 0 aliphatic carbocycles. The summed E-state index contributed by atoms with van der Waals surface area (Å²) in [7, 11) is 2.06. The van der Waals surface area contributed by atoms with Gasteiger partial charge in [-0.05, 0) is 45.2 Å². The van der Waals surface area contributed by atoms with Crippen molar-refractivity contribution >= 4 is 17.7 Å². The fourth-order valence-electron chi connectivity index (χ4n) is 2.47. The van der Waals surface area contributed by atoms with Gasteiger partial charge in [0.2, 0.25) is 0 Å². The number of likely N-dealkylation sites (N-methyl/N-ethyl adjacent to an activating group) is 1. The van der Waals surface area contributed by atoms with Crippen molar-refractivity contribution in [3.05, 3.63) is 29.8 Å². The van der Waals surface area contributed by atoms with Crippen LogP contribution in [0.5, 0.6) is 0 Å². The molecule has 2 N–H and O–H groups in total. The average molecular weight is 291 g/mol. The van der Waals surface area contributed by atoms with Crippen LogP contribution in [0.1, 0.15) is 24.2 Å². The van der Waals surface area contributed by atoms with Crippen molar-refractivity contribution in [3.8, 4) is 0 Å². The molecule has 1 aromatic carbocycles. The van der Waals surface area contributed by atoms with Gasteiger partial charge >= 0.3 is 12.0 Å². The third-order valence-corrected chi connectivity index (χ3v) is 4.03. The Labute approximate surface area is 124 Å². The molecule has 0 saturated carbocycles. The van der Waals surface area contributed by atoms with Crippen LogP contribution in [0.3, 0.4) is 0 Å².